The molecule has 1 unspecified atom stereocenters. The fourth-order valence-corrected chi connectivity index (χ4v) is 3.28. The number of nitrogens with zero attached hydrogens (tertiary/aromatic N) is 1. The number of hydrogen-bond acceptors (Lipinski definition) is 2. The highest BCUT2D eigenvalue weighted by Gasteiger charge is 2.27. The number of nitrogens with one attached hydrogen (secondary N) is 1. The lowest BCUT2D eigenvalue weighted by Crippen LogP contribution is -2.42. The third-order valence-corrected chi connectivity index (χ3v) is 4.42. The zero-order valence-corrected chi connectivity index (χ0v) is 10.7. The van der Waals surface area contributed by atoms with Crippen LogP contribution < -0.4 is 5.32 Å². The quantitative estimate of drug-likeness (QED) is 0.864. The van der Waals surface area contributed by atoms with E-state index in [0.29, 0.717) is 5.92 Å². The first-order chi connectivity index (χ1) is 8.83. The fraction of sp³-hybridized carbons (Fsp3) is 0.600. The van der Waals surface area contributed by atoms with Crippen molar-refractivity contribution in [2.75, 3.05) is 26.2 Å². The van der Waals surface area contributed by atoms with Gasteiger partial charge in [-0.3, -0.25) is 4.90 Å². The molecule has 0 saturated carbocycles. The molecule has 1 aromatic carbocycles. The van der Waals surface area contributed by atoms with Crippen molar-refractivity contribution in [1.29, 1.82) is 0 Å². The second kappa shape index (κ2) is 5.37. The molecular formula is C15H21FN2. The van der Waals surface area contributed by atoms with Gasteiger partial charge in [0.1, 0.15) is 5.82 Å². The molecule has 0 amide bonds. The third-order valence-electron chi connectivity index (χ3n) is 4.42. The summed E-state index contributed by atoms with van der Waals surface area (Å²) in [6.07, 6.45) is 3.71. The molecule has 0 bridgehead atoms. The molecule has 2 aliphatic heterocycles. The summed E-state index contributed by atoms with van der Waals surface area (Å²) < 4.78 is 12.9. The van der Waals surface area contributed by atoms with Gasteiger partial charge in [0.2, 0.25) is 0 Å². The zero-order valence-electron chi connectivity index (χ0n) is 10.7. The van der Waals surface area contributed by atoms with E-state index in [1.54, 1.807) is 12.1 Å². The molecule has 1 atom stereocenters. The van der Waals surface area contributed by atoms with Crippen LogP contribution in [0.4, 0.5) is 4.39 Å². The topological polar surface area (TPSA) is 15.3 Å². The number of piperidine rings is 1. The Morgan fingerprint density at radius 3 is 2.39 bits per heavy atom. The maximum Gasteiger partial charge on any atom is 0.123 e. The number of hydrogen-bond donors (Lipinski definition) is 1. The number of halogens is 1. The Hall–Kier alpha value is -0.930. The summed E-state index contributed by atoms with van der Waals surface area (Å²) in [5.74, 6) is 0.490. The number of rotatable bonds is 2. The average Bonchev–Trinajstić information content (AvgIpc) is 2.94. The van der Waals surface area contributed by atoms with Crippen LogP contribution in [0.2, 0.25) is 0 Å². The van der Waals surface area contributed by atoms with Crippen LogP contribution in [0.3, 0.4) is 0 Å². The van der Waals surface area contributed by atoms with Crippen molar-refractivity contribution < 1.29 is 4.39 Å². The molecule has 0 radical (unpaired) electrons. The van der Waals surface area contributed by atoms with Crippen LogP contribution in [-0.4, -0.2) is 37.1 Å². The molecular weight excluding hydrogens is 227 g/mol. The van der Waals surface area contributed by atoms with E-state index in [4.69, 9.17) is 0 Å². The van der Waals surface area contributed by atoms with Gasteiger partial charge in [-0.05, 0) is 62.5 Å². The Morgan fingerprint density at radius 2 is 1.78 bits per heavy atom. The Bertz CT molecular complexity index is 376. The van der Waals surface area contributed by atoms with Crippen molar-refractivity contribution >= 4 is 0 Å². The third kappa shape index (κ3) is 2.57. The molecule has 0 spiro atoms. The van der Waals surface area contributed by atoms with Gasteiger partial charge in [0.15, 0.2) is 0 Å². The van der Waals surface area contributed by atoms with Crippen LogP contribution in [0.1, 0.15) is 30.7 Å². The second-order valence-corrected chi connectivity index (χ2v) is 5.51. The van der Waals surface area contributed by atoms with Gasteiger partial charge in [-0.1, -0.05) is 12.1 Å². The second-order valence-electron chi connectivity index (χ2n) is 5.51. The Kier molecular flexibility index (Phi) is 3.62. The van der Waals surface area contributed by atoms with Gasteiger partial charge >= 0.3 is 0 Å². The predicted octanol–water partition coefficient (Wildman–Crippen LogP) is 2.37. The summed E-state index contributed by atoms with van der Waals surface area (Å²) in [6.45, 7) is 4.70. The minimum atomic E-state index is -0.131. The van der Waals surface area contributed by atoms with Crippen molar-refractivity contribution in [3.8, 4) is 0 Å². The number of benzene rings is 1. The number of likely N-dealkylation sites (tertiary alicyclic amines) is 1. The maximum absolute atomic E-state index is 12.9. The van der Waals surface area contributed by atoms with Gasteiger partial charge in [0.05, 0.1) is 0 Å². The van der Waals surface area contributed by atoms with Crippen molar-refractivity contribution in [2.24, 2.45) is 0 Å². The van der Waals surface area contributed by atoms with Crippen molar-refractivity contribution in [3.63, 3.8) is 0 Å². The van der Waals surface area contributed by atoms with E-state index in [-0.39, 0.29) is 5.82 Å². The first-order valence-corrected chi connectivity index (χ1v) is 7.03. The summed E-state index contributed by atoms with van der Waals surface area (Å²) in [5, 5.41) is 3.44. The van der Waals surface area contributed by atoms with Crippen molar-refractivity contribution in [2.45, 2.75) is 31.2 Å². The molecule has 98 valence electrons. The largest absolute Gasteiger partial charge is 0.315 e. The monoisotopic (exact) mass is 248 g/mol. The van der Waals surface area contributed by atoms with Crippen LogP contribution in [0, 0.1) is 5.82 Å². The van der Waals surface area contributed by atoms with E-state index in [1.165, 1.54) is 44.5 Å². The van der Waals surface area contributed by atoms with Crippen LogP contribution in [0.25, 0.3) is 0 Å². The Labute approximate surface area is 108 Å². The predicted molar refractivity (Wildman–Crippen MR) is 71.2 cm³/mol. The van der Waals surface area contributed by atoms with Crippen LogP contribution in [0.15, 0.2) is 24.3 Å². The molecule has 2 heterocycles. The van der Waals surface area contributed by atoms with Gasteiger partial charge in [-0.2, -0.15) is 0 Å². The smallest absolute Gasteiger partial charge is 0.123 e. The molecule has 1 N–H and O–H groups in total. The first-order valence-electron chi connectivity index (χ1n) is 7.03. The maximum atomic E-state index is 12.9. The molecule has 2 fully saturated rings. The standard InChI is InChI=1S/C15H21FN2/c16-14-3-1-12(2-4-14)13-6-9-18(10-7-13)15-5-8-17-11-15/h1-4,13,15,17H,5-11H2. The molecule has 3 rings (SSSR count). The van der Waals surface area contributed by atoms with E-state index in [1.807, 2.05) is 12.1 Å². The van der Waals surface area contributed by atoms with Crippen LogP contribution in [0.5, 0.6) is 0 Å². The SMILES string of the molecule is Fc1ccc(C2CCN(C3CCNC3)CC2)cc1. The molecule has 1 aromatic rings. The van der Waals surface area contributed by atoms with E-state index in [9.17, 15) is 4.39 Å². The lowest BCUT2D eigenvalue weighted by molar-refractivity contribution is 0.161. The van der Waals surface area contributed by atoms with Crippen molar-refractivity contribution in [1.82, 2.24) is 10.2 Å². The molecule has 0 aliphatic carbocycles. The fourth-order valence-electron chi connectivity index (χ4n) is 3.28. The Balaban J connectivity index is 1.57. The van der Waals surface area contributed by atoms with Crippen LogP contribution in [-0.2, 0) is 0 Å². The minimum Gasteiger partial charge on any atom is -0.315 e. The van der Waals surface area contributed by atoms with Crippen LogP contribution >= 0.6 is 0 Å². The molecule has 3 heteroatoms. The summed E-state index contributed by atoms with van der Waals surface area (Å²) >= 11 is 0. The van der Waals surface area contributed by atoms with E-state index >= 15 is 0 Å². The highest BCUT2D eigenvalue weighted by Crippen LogP contribution is 2.29. The Morgan fingerprint density at radius 1 is 1.06 bits per heavy atom. The van der Waals surface area contributed by atoms with Crippen molar-refractivity contribution in [3.05, 3.63) is 35.6 Å². The molecule has 2 nitrogen and oxygen atoms in total. The van der Waals surface area contributed by atoms with Gasteiger partial charge in [0.25, 0.3) is 0 Å². The molecule has 18 heavy (non-hydrogen) atoms. The van der Waals surface area contributed by atoms with E-state index in [2.05, 4.69) is 10.2 Å². The summed E-state index contributed by atoms with van der Waals surface area (Å²) in [6, 6.07) is 7.82. The normalized spacial score (nSPS) is 26.6. The highest BCUT2D eigenvalue weighted by molar-refractivity contribution is 5.21. The lowest BCUT2D eigenvalue weighted by atomic mass is 9.89. The summed E-state index contributed by atoms with van der Waals surface area (Å²) in [5.41, 5.74) is 1.31. The van der Waals surface area contributed by atoms with Gasteiger partial charge < -0.3 is 5.32 Å². The summed E-state index contributed by atoms with van der Waals surface area (Å²) in [4.78, 5) is 2.63. The average molecular weight is 248 g/mol. The highest BCUT2D eigenvalue weighted by atomic mass is 19.1. The van der Waals surface area contributed by atoms with Gasteiger partial charge in [-0.15, -0.1) is 0 Å². The molecule has 0 aromatic heterocycles. The minimum absolute atomic E-state index is 0.131. The van der Waals surface area contributed by atoms with E-state index < -0.39 is 0 Å². The lowest BCUT2D eigenvalue weighted by Gasteiger charge is -2.35. The van der Waals surface area contributed by atoms with Gasteiger partial charge in [0, 0.05) is 12.6 Å². The first kappa shape index (κ1) is 12.1. The molecule has 2 saturated heterocycles. The molecule has 2 aliphatic rings. The van der Waals surface area contributed by atoms with E-state index in [0.717, 1.165) is 12.6 Å². The summed E-state index contributed by atoms with van der Waals surface area (Å²) in [7, 11) is 0. The zero-order chi connectivity index (χ0) is 12.4. The van der Waals surface area contributed by atoms with Gasteiger partial charge in [-0.25, -0.2) is 4.39 Å².